The Hall–Kier alpha value is -0.120. The zero-order chi connectivity index (χ0) is 25.0. The number of hydrogen-bond acceptors (Lipinski definition) is 2. The van der Waals surface area contributed by atoms with Gasteiger partial charge < -0.3 is 0 Å². The summed E-state index contributed by atoms with van der Waals surface area (Å²) >= 11 is 7.77. The van der Waals surface area contributed by atoms with Crippen molar-refractivity contribution in [3.05, 3.63) is 32.4 Å². The standard InChI is InChI=1S/C32H53BrS2/c1-3-5-7-9-11-13-15-17-19-21-23-28-25-26-34-31(28)30-27-29(32(33)35-30)24-22-20-18-16-14-12-10-8-6-4-2/h25-27H,3-24H2,1-2H3. The van der Waals surface area contributed by atoms with Gasteiger partial charge in [-0.25, -0.2) is 0 Å². The molecule has 2 aromatic heterocycles. The molecular weight excluding hydrogens is 528 g/mol. The van der Waals surface area contributed by atoms with Gasteiger partial charge in [-0.1, -0.05) is 129 Å². The van der Waals surface area contributed by atoms with Gasteiger partial charge in [-0.15, -0.1) is 22.7 Å². The molecule has 0 nitrogen and oxygen atoms in total. The summed E-state index contributed by atoms with van der Waals surface area (Å²) in [7, 11) is 0. The first-order chi connectivity index (χ1) is 17.3. The summed E-state index contributed by atoms with van der Waals surface area (Å²) in [6.45, 7) is 4.60. The average Bonchev–Trinajstić information content (AvgIpc) is 3.47. The minimum absolute atomic E-state index is 1.23. The highest BCUT2D eigenvalue weighted by atomic mass is 79.9. The molecule has 35 heavy (non-hydrogen) atoms. The molecule has 0 aliphatic rings. The van der Waals surface area contributed by atoms with Gasteiger partial charge in [0.2, 0.25) is 0 Å². The van der Waals surface area contributed by atoms with Gasteiger partial charge >= 0.3 is 0 Å². The lowest BCUT2D eigenvalue weighted by atomic mass is 10.0. The molecule has 0 saturated heterocycles. The maximum Gasteiger partial charge on any atom is 0.0737 e. The Labute approximate surface area is 234 Å². The van der Waals surface area contributed by atoms with Crippen molar-refractivity contribution >= 4 is 38.6 Å². The van der Waals surface area contributed by atoms with Crippen molar-refractivity contribution < 1.29 is 0 Å². The molecule has 0 fully saturated rings. The number of thiophene rings is 2. The number of hydrogen-bond donors (Lipinski definition) is 0. The highest BCUT2D eigenvalue weighted by Crippen LogP contribution is 2.40. The van der Waals surface area contributed by atoms with Crippen LogP contribution in [0.1, 0.15) is 153 Å². The Morgan fingerprint density at radius 2 is 1.00 bits per heavy atom. The third kappa shape index (κ3) is 13.8. The highest BCUT2D eigenvalue weighted by Gasteiger charge is 2.13. The molecule has 0 aliphatic carbocycles. The van der Waals surface area contributed by atoms with E-state index in [0.29, 0.717) is 0 Å². The van der Waals surface area contributed by atoms with Gasteiger partial charge in [0.05, 0.1) is 3.79 Å². The van der Waals surface area contributed by atoms with Gasteiger partial charge in [0, 0.05) is 9.75 Å². The Morgan fingerprint density at radius 3 is 1.49 bits per heavy atom. The monoisotopic (exact) mass is 580 g/mol. The fraction of sp³-hybridized carbons (Fsp3) is 0.750. The van der Waals surface area contributed by atoms with Crippen molar-refractivity contribution in [2.45, 2.75) is 155 Å². The van der Waals surface area contributed by atoms with Crippen LogP contribution in [0.3, 0.4) is 0 Å². The molecule has 0 amide bonds. The maximum atomic E-state index is 3.88. The van der Waals surface area contributed by atoms with Gasteiger partial charge in [0.1, 0.15) is 0 Å². The number of unbranched alkanes of at least 4 members (excludes halogenated alkanes) is 18. The SMILES string of the molecule is CCCCCCCCCCCCc1cc(-c2sccc2CCCCCCCCCCCC)sc1Br. The predicted molar refractivity (Wildman–Crippen MR) is 166 cm³/mol. The fourth-order valence-corrected chi connectivity index (χ4v) is 7.92. The number of aryl methyl sites for hydroxylation is 2. The van der Waals surface area contributed by atoms with E-state index in [1.807, 2.05) is 22.7 Å². The molecule has 0 aromatic carbocycles. The lowest BCUT2D eigenvalue weighted by molar-refractivity contribution is 0.556. The normalized spacial score (nSPS) is 11.5. The molecule has 2 rings (SSSR count). The van der Waals surface area contributed by atoms with E-state index in [9.17, 15) is 0 Å². The van der Waals surface area contributed by atoms with Crippen LogP contribution >= 0.6 is 38.6 Å². The van der Waals surface area contributed by atoms with Crippen LogP contribution in [0.5, 0.6) is 0 Å². The molecule has 0 bridgehead atoms. The molecule has 0 radical (unpaired) electrons. The first-order valence-corrected chi connectivity index (χ1v) is 17.6. The van der Waals surface area contributed by atoms with Crippen LogP contribution in [-0.4, -0.2) is 0 Å². The van der Waals surface area contributed by atoms with Crippen LogP contribution in [0, 0.1) is 0 Å². The molecule has 0 spiro atoms. The van der Waals surface area contributed by atoms with Gasteiger partial charge in [-0.05, 0) is 70.3 Å². The summed E-state index contributed by atoms with van der Waals surface area (Å²) in [4.78, 5) is 3.01. The summed E-state index contributed by atoms with van der Waals surface area (Å²) in [5, 5.41) is 2.30. The molecule has 0 N–H and O–H groups in total. The largest absolute Gasteiger partial charge is 0.143 e. The molecule has 0 saturated carbocycles. The molecular formula is C32H53BrS2. The first kappa shape index (κ1) is 31.1. The van der Waals surface area contributed by atoms with Crippen molar-refractivity contribution in [3.8, 4) is 9.75 Å². The van der Waals surface area contributed by atoms with Crippen LogP contribution in [0.25, 0.3) is 9.75 Å². The van der Waals surface area contributed by atoms with Crippen LogP contribution in [-0.2, 0) is 12.8 Å². The van der Waals surface area contributed by atoms with E-state index >= 15 is 0 Å². The average molecular weight is 582 g/mol. The van der Waals surface area contributed by atoms with E-state index in [1.165, 1.54) is 160 Å². The Balaban J connectivity index is 1.61. The zero-order valence-corrected chi connectivity index (χ0v) is 26.2. The van der Waals surface area contributed by atoms with E-state index in [0.717, 1.165) is 0 Å². The van der Waals surface area contributed by atoms with Crippen molar-refractivity contribution in [2.24, 2.45) is 0 Å². The van der Waals surface area contributed by atoms with E-state index in [4.69, 9.17) is 0 Å². The molecule has 200 valence electrons. The third-order valence-corrected chi connectivity index (χ3v) is 10.4. The Morgan fingerprint density at radius 1 is 0.571 bits per heavy atom. The zero-order valence-electron chi connectivity index (χ0n) is 23.0. The van der Waals surface area contributed by atoms with Crippen molar-refractivity contribution in [2.75, 3.05) is 0 Å². The van der Waals surface area contributed by atoms with Crippen LogP contribution < -0.4 is 0 Å². The van der Waals surface area contributed by atoms with Crippen LogP contribution in [0.4, 0.5) is 0 Å². The molecule has 2 heterocycles. The van der Waals surface area contributed by atoms with Crippen LogP contribution in [0.2, 0.25) is 0 Å². The predicted octanol–water partition coefficient (Wildman–Crippen LogP) is 13.2. The van der Waals surface area contributed by atoms with Gasteiger partial charge in [0.25, 0.3) is 0 Å². The third-order valence-electron chi connectivity index (χ3n) is 7.33. The first-order valence-electron chi connectivity index (χ1n) is 15.1. The summed E-state index contributed by atoms with van der Waals surface area (Å²) < 4.78 is 1.36. The summed E-state index contributed by atoms with van der Waals surface area (Å²) in [5.74, 6) is 0. The quantitative estimate of drug-likeness (QED) is 0.115. The topological polar surface area (TPSA) is 0 Å². The van der Waals surface area contributed by atoms with Crippen molar-refractivity contribution in [1.29, 1.82) is 0 Å². The molecule has 3 heteroatoms. The number of halogens is 1. The smallest absolute Gasteiger partial charge is 0.0737 e. The Kier molecular flexibility index (Phi) is 18.6. The maximum absolute atomic E-state index is 3.88. The molecule has 0 aliphatic heterocycles. The van der Waals surface area contributed by atoms with Crippen molar-refractivity contribution in [1.82, 2.24) is 0 Å². The van der Waals surface area contributed by atoms with Crippen LogP contribution in [0.15, 0.2) is 21.3 Å². The number of rotatable bonds is 23. The second kappa shape index (κ2) is 20.9. The van der Waals surface area contributed by atoms with E-state index < -0.39 is 0 Å². The summed E-state index contributed by atoms with van der Waals surface area (Å²) in [6.07, 6.45) is 30.7. The highest BCUT2D eigenvalue weighted by molar-refractivity contribution is 9.11. The fourth-order valence-electron chi connectivity index (χ4n) is 5.04. The summed E-state index contributed by atoms with van der Waals surface area (Å²) in [5.41, 5.74) is 3.11. The second-order valence-corrected chi connectivity index (χ2v) is 13.8. The van der Waals surface area contributed by atoms with E-state index in [2.05, 4.69) is 47.3 Å². The lowest BCUT2D eigenvalue weighted by Crippen LogP contribution is -1.87. The second-order valence-electron chi connectivity index (χ2n) is 10.5. The van der Waals surface area contributed by atoms with E-state index in [1.54, 1.807) is 5.56 Å². The minimum Gasteiger partial charge on any atom is -0.143 e. The minimum atomic E-state index is 1.23. The van der Waals surface area contributed by atoms with E-state index in [-0.39, 0.29) is 0 Å². The van der Waals surface area contributed by atoms with Gasteiger partial charge in [-0.2, -0.15) is 0 Å². The molecule has 0 atom stereocenters. The Bertz CT molecular complexity index is 745. The summed E-state index contributed by atoms with van der Waals surface area (Å²) in [6, 6.07) is 4.86. The van der Waals surface area contributed by atoms with Gasteiger partial charge in [0.15, 0.2) is 0 Å². The molecule has 0 unspecified atom stereocenters. The van der Waals surface area contributed by atoms with Crippen molar-refractivity contribution in [3.63, 3.8) is 0 Å². The lowest BCUT2D eigenvalue weighted by Gasteiger charge is -2.04. The molecule has 2 aromatic rings. The van der Waals surface area contributed by atoms with Gasteiger partial charge in [-0.3, -0.25) is 0 Å².